The van der Waals surface area contributed by atoms with Crippen molar-refractivity contribution in [2.24, 2.45) is 4.99 Å². The molecule has 5 rings (SSSR count). The van der Waals surface area contributed by atoms with Gasteiger partial charge in [0.1, 0.15) is 11.1 Å². The predicted molar refractivity (Wildman–Crippen MR) is 176 cm³/mol. The van der Waals surface area contributed by atoms with Gasteiger partial charge in [0.2, 0.25) is 0 Å². The molecular formula is C35H37N3O7S. The van der Waals surface area contributed by atoms with E-state index in [-0.39, 0.29) is 34.1 Å². The smallest absolute Gasteiger partial charge is 0.338 e. The second-order valence-corrected chi connectivity index (χ2v) is 12.0. The average molecular weight is 644 g/mol. The standard InChI is InChI=1S/C35H37N3O7S/c1-6-8-9-10-13-18-37-25-15-12-11-14-24(25)29(32(37)40)31-33(41)38-30(23-16-17-26(45-22(4)39)27(20-23)43-5)28(34(42)44-19-7-2)21(3)36-35(38)46-31/h7,11-12,14-17,20,30H,2,6,8-10,13,18-19H2,1,3-5H3. The summed E-state index contributed by atoms with van der Waals surface area (Å²) in [5.41, 5.74) is 2.35. The molecule has 2 aliphatic rings. The van der Waals surface area contributed by atoms with E-state index >= 15 is 0 Å². The first-order chi connectivity index (χ1) is 22.2. The first kappa shape index (κ1) is 32.6. The minimum absolute atomic E-state index is 0.0365. The van der Waals surface area contributed by atoms with Gasteiger partial charge in [0.25, 0.3) is 11.5 Å². The summed E-state index contributed by atoms with van der Waals surface area (Å²) in [5, 5.41) is 0. The van der Waals surface area contributed by atoms with Crippen LogP contribution in [0.15, 0.2) is 76.2 Å². The highest BCUT2D eigenvalue weighted by molar-refractivity contribution is 7.07. The fraction of sp³-hybridized carbons (Fsp3) is 0.343. The number of amides is 1. The Hall–Kier alpha value is -4.77. The van der Waals surface area contributed by atoms with Gasteiger partial charge in [0, 0.05) is 19.0 Å². The Balaban J connectivity index is 1.69. The van der Waals surface area contributed by atoms with Gasteiger partial charge in [-0.15, -0.1) is 0 Å². The van der Waals surface area contributed by atoms with Crippen molar-refractivity contribution in [3.8, 4) is 11.5 Å². The van der Waals surface area contributed by atoms with Gasteiger partial charge in [0.05, 0.1) is 35.7 Å². The van der Waals surface area contributed by atoms with Crippen LogP contribution in [0.2, 0.25) is 0 Å². The van der Waals surface area contributed by atoms with E-state index in [0.29, 0.717) is 33.7 Å². The van der Waals surface area contributed by atoms with Crippen LogP contribution in [0.5, 0.6) is 11.5 Å². The molecule has 11 heteroatoms. The van der Waals surface area contributed by atoms with Gasteiger partial charge in [-0.25, -0.2) is 9.79 Å². The van der Waals surface area contributed by atoms with Crippen molar-refractivity contribution in [2.75, 3.05) is 25.2 Å². The van der Waals surface area contributed by atoms with E-state index in [1.54, 1.807) is 30.0 Å². The third kappa shape index (κ3) is 6.19. The van der Waals surface area contributed by atoms with Crippen LogP contribution in [-0.2, 0) is 19.1 Å². The average Bonchev–Trinajstić information content (AvgIpc) is 3.50. The van der Waals surface area contributed by atoms with E-state index in [4.69, 9.17) is 14.2 Å². The summed E-state index contributed by atoms with van der Waals surface area (Å²) < 4.78 is 17.9. The molecule has 10 nitrogen and oxygen atoms in total. The number of para-hydroxylation sites is 1. The SMILES string of the molecule is C=CCOC(=O)C1=C(C)N=c2sc(=C3C(=O)N(CCCCCCC)c4ccccc43)c(=O)n2C1c1ccc(OC(C)=O)c(OC)c1. The molecule has 0 aliphatic carbocycles. The zero-order chi connectivity index (χ0) is 33.0. The van der Waals surface area contributed by atoms with E-state index in [2.05, 4.69) is 18.5 Å². The molecule has 1 amide bonds. The van der Waals surface area contributed by atoms with Gasteiger partial charge in [-0.2, -0.15) is 0 Å². The van der Waals surface area contributed by atoms with Crippen molar-refractivity contribution in [2.45, 2.75) is 58.9 Å². The molecule has 0 spiro atoms. The van der Waals surface area contributed by atoms with Gasteiger partial charge >= 0.3 is 11.9 Å². The minimum Gasteiger partial charge on any atom is -0.493 e. The van der Waals surface area contributed by atoms with Gasteiger partial charge in [-0.3, -0.25) is 19.0 Å². The number of ether oxygens (including phenoxy) is 3. The van der Waals surface area contributed by atoms with Crippen LogP contribution in [0, 0.1) is 0 Å². The predicted octanol–water partition coefficient (Wildman–Crippen LogP) is 4.59. The number of nitrogens with zero attached hydrogens (tertiary/aromatic N) is 3. The van der Waals surface area contributed by atoms with Gasteiger partial charge in [-0.1, -0.05) is 80.9 Å². The first-order valence-electron chi connectivity index (χ1n) is 15.3. The van der Waals surface area contributed by atoms with E-state index < -0.39 is 23.5 Å². The quantitative estimate of drug-likeness (QED) is 0.123. The maximum Gasteiger partial charge on any atom is 0.338 e. The van der Waals surface area contributed by atoms with Crippen molar-refractivity contribution >= 4 is 40.4 Å². The Labute approximate surface area is 270 Å². The number of hydrogen-bond donors (Lipinski definition) is 0. The summed E-state index contributed by atoms with van der Waals surface area (Å²) in [6.45, 7) is 9.26. The fourth-order valence-corrected chi connectivity index (χ4v) is 6.99. The fourth-order valence-electron chi connectivity index (χ4n) is 5.85. The molecule has 0 bridgehead atoms. The van der Waals surface area contributed by atoms with E-state index in [0.717, 1.165) is 49.1 Å². The van der Waals surface area contributed by atoms with E-state index in [1.807, 2.05) is 24.3 Å². The number of allylic oxidation sites excluding steroid dienone is 1. The molecule has 0 saturated carbocycles. The number of anilines is 1. The van der Waals surface area contributed by atoms with E-state index in [9.17, 15) is 19.2 Å². The van der Waals surface area contributed by atoms with Crippen molar-refractivity contribution < 1.29 is 28.6 Å². The number of aromatic nitrogens is 1. The maximum absolute atomic E-state index is 14.5. The highest BCUT2D eigenvalue weighted by atomic mass is 32.1. The zero-order valence-electron chi connectivity index (χ0n) is 26.5. The minimum atomic E-state index is -0.968. The third-order valence-electron chi connectivity index (χ3n) is 7.94. The molecule has 0 saturated heterocycles. The van der Waals surface area contributed by atoms with Gasteiger partial charge < -0.3 is 19.1 Å². The Kier molecular flexibility index (Phi) is 10.0. The molecule has 1 unspecified atom stereocenters. The topological polar surface area (TPSA) is 117 Å². The largest absolute Gasteiger partial charge is 0.493 e. The first-order valence-corrected chi connectivity index (χ1v) is 16.1. The molecule has 240 valence electrons. The monoisotopic (exact) mass is 643 g/mol. The number of fused-ring (bicyclic) bond motifs is 2. The molecule has 1 atom stereocenters. The Morgan fingerprint density at radius 3 is 2.54 bits per heavy atom. The van der Waals surface area contributed by atoms with Crippen LogP contribution in [0.25, 0.3) is 5.57 Å². The van der Waals surface area contributed by atoms with Crippen LogP contribution < -0.4 is 29.3 Å². The lowest BCUT2D eigenvalue weighted by Crippen LogP contribution is -2.41. The lowest BCUT2D eigenvalue weighted by molar-refractivity contribution is -0.138. The Morgan fingerprint density at radius 1 is 1.07 bits per heavy atom. The lowest BCUT2D eigenvalue weighted by Gasteiger charge is -2.25. The molecule has 3 aromatic rings. The highest BCUT2D eigenvalue weighted by Crippen LogP contribution is 2.38. The molecule has 0 radical (unpaired) electrons. The molecule has 2 aromatic carbocycles. The molecule has 0 fully saturated rings. The van der Waals surface area contributed by atoms with Gasteiger partial charge in [0.15, 0.2) is 16.3 Å². The second kappa shape index (κ2) is 14.1. The second-order valence-electron chi connectivity index (χ2n) is 11.1. The Morgan fingerprint density at radius 2 is 1.83 bits per heavy atom. The highest BCUT2D eigenvalue weighted by Gasteiger charge is 2.37. The van der Waals surface area contributed by atoms with Crippen LogP contribution in [0.1, 0.15) is 70.0 Å². The summed E-state index contributed by atoms with van der Waals surface area (Å²) in [4.78, 5) is 60.4. The lowest BCUT2D eigenvalue weighted by atomic mass is 9.95. The third-order valence-corrected chi connectivity index (χ3v) is 9.00. The number of unbranched alkanes of at least 4 members (excludes halogenated alkanes) is 4. The molecule has 46 heavy (non-hydrogen) atoms. The van der Waals surface area contributed by atoms with Crippen LogP contribution in [0.4, 0.5) is 5.69 Å². The normalized spacial score (nSPS) is 16.5. The molecule has 3 heterocycles. The van der Waals surface area contributed by atoms with Crippen molar-refractivity contribution in [1.29, 1.82) is 0 Å². The van der Waals surface area contributed by atoms with Crippen molar-refractivity contribution in [3.05, 3.63) is 97.2 Å². The number of carbonyl (C=O) groups is 3. The van der Waals surface area contributed by atoms with E-state index in [1.165, 1.54) is 24.7 Å². The number of thiazole rings is 1. The molecule has 2 aliphatic heterocycles. The summed E-state index contributed by atoms with van der Waals surface area (Å²) >= 11 is 1.12. The van der Waals surface area contributed by atoms with Crippen LogP contribution in [0.3, 0.4) is 0 Å². The van der Waals surface area contributed by atoms with Gasteiger partial charge in [-0.05, 0) is 37.1 Å². The zero-order valence-corrected chi connectivity index (χ0v) is 27.3. The molecule has 0 N–H and O–H groups in total. The van der Waals surface area contributed by atoms with Crippen molar-refractivity contribution in [3.63, 3.8) is 0 Å². The number of carbonyl (C=O) groups excluding carboxylic acids is 3. The number of benzene rings is 2. The number of hydrogen-bond acceptors (Lipinski definition) is 9. The molecule has 1 aromatic heterocycles. The van der Waals surface area contributed by atoms with Crippen LogP contribution in [-0.4, -0.2) is 42.7 Å². The number of esters is 2. The summed E-state index contributed by atoms with van der Waals surface area (Å²) in [5.74, 6) is -0.995. The Bertz CT molecular complexity index is 1920. The number of methoxy groups -OCH3 is 1. The van der Waals surface area contributed by atoms with Crippen molar-refractivity contribution in [1.82, 2.24) is 4.57 Å². The van der Waals surface area contributed by atoms with Crippen LogP contribution >= 0.6 is 11.3 Å². The number of rotatable bonds is 12. The summed E-state index contributed by atoms with van der Waals surface area (Å²) in [7, 11) is 1.43. The maximum atomic E-state index is 14.5. The summed E-state index contributed by atoms with van der Waals surface area (Å²) in [6.07, 6.45) is 6.72. The summed E-state index contributed by atoms with van der Waals surface area (Å²) in [6, 6.07) is 11.3. The molecular weight excluding hydrogens is 606 g/mol.